The maximum absolute atomic E-state index is 11.3. The zero-order valence-corrected chi connectivity index (χ0v) is 11.8. The molecule has 1 rings (SSSR count). The predicted molar refractivity (Wildman–Crippen MR) is 72.7 cm³/mol. The fourth-order valence-corrected chi connectivity index (χ4v) is 1.84. The number of carbonyl (C=O) groups is 1. The summed E-state index contributed by atoms with van der Waals surface area (Å²) in [6.07, 6.45) is 0.362. The summed E-state index contributed by atoms with van der Waals surface area (Å²) < 4.78 is 5.02. The second kappa shape index (κ2) is 6.43. The molecule has 1 unspecified atom stereocenters. The minimum atomic E-state index is -0.858. The molecule has 1 atom stereocenters. The summed E-state index contributed by atoms with van der Waals surface area (Å²) in [5.74, 6) is -0.451. The number of nitrogens with zero attached hydrogens (tertiary/aromatic N) is 1. The number of aromatic hydroxyl groups is 1. The standard InChI is InChI=1S/C14H21NO4/c1-9(2)15(3)11(14(17)18)7-10-5-6-12(16)13(8-10)19-4/h5-6,8-9,11,16H,7H2,1-4H3,(H,17,18). The molecule has 2 N–H and O–H groups in total. The number of likely N-dealkylation sites (N-methyl/N-ethyl adjacent to an activating group) is 1. The van der Waals surface area contributed by atoms with E-state index in [-0.39, 0.29) is 11.8 Å². The summed E-state index contributed by atoms with van der Waals surface area (Å²) in [4.78, 5) is 13.2. The molecule has 0 fully saturated rings. The molecule has 0 saturated carbocycles. The van der Waals surface area contributed by atoms with Crippen LogP contribution in [0.5, 0.6) is 11.5 Å². The topological polar surface area (TPSA) is 70.0 Å². The van der Waals surface area contributed by atoms with Gasteiger partial charge in [0.15, 0.2) is 11.5 Å². The van der Waals surface area contributed by atoms with Crippen molar-refractivity contribution in [3.05, 3.63) is 23.8 Å². The molecular formula is C14H21NO4. The van der Waals surface area contributed by atoms with Crippen molar-refractivity contribution in [2.45, 2.75) is 32.4 Å². The number of carboxylic acid groups (broad SMARTS) is 1. The highest BCUT2D eigenvalue weighted by atomic mass is 16.5. The monoisotopic (exact) mass is 267 g/mol. The normalized spacial score (nSPS) is 12.7. The number of hydrogen-bond donors (Lipinski definition) is 2. The molecule has 106 valence electrons. The highest BCUT2D eigenvalue weighted by molar-refractivity contribution is 5.74. The van der Waals surface area contributed by atoms with Crippen molar-refractivity contribution >= 4 is 5.97 Å². The molecule has 5 nitrogen and oxygen atoms in total. The molecule has 1 aromatic carbocycles. The number of methoxy groups -OCH3 is 1. The largest absolute Gasteiger partial charge is 0.504 e. The average molecular weight is 267 g/mol. The van der Waals surface area contributed by atoms with Gasteiger partial charge in [0.1, 0.15) is 6.04 Å². The smallest absolute Gasteiger partial charge is 0.321 e. The summed E-state index contributed by atoms with van der Waals surface area (Å²) in [5, 5.41) is 18.8. The van der Waals surface area contributed by atoms with E-state index in [0.717, 1.165) is 5.56 Å². The summed E-state index contributed by atoms with van der Waals surface area (Å²) >= 11 is 0. The molecule has 0 aliphatic rings. The third-order valence-corrected chi connectivity index (χ3v) is 3.26. The van der Waals surface area contributed by atoms with Crippen molar-refractivity contribution in [2.75, 3.05) is 14.2 Å². The van der Waals surface area contributed by atoms with Gasteiger partial charge in [0.2, 0.25) is 0 Å². The van der Waals surface area contributed by atoms with Crippen LogP contribution in [0.25, 0.3) is 0 Å². The minimum absolute atomic E-state index is 0.0512. The second-order valence-corrected chi connectivity index (χ2v) is 4.82. The quantitative estimate of drug-likeness (QED) is 0.821. The lowest BCUT2D eigenvalue weighted by Crippen LogP contribution is -2.43. The van der Waals surface area contributed by atoms with Gasteiger partial charge in [-0.1, -0.05) is 6.07 Å². The third-order valence-electron chi connectivity index (χ3n) is 3.26. The van der Waals surface area contributed by atoms with E-state index in [1.54, 1.807) is 19.2 Å². The van der Waals surface area contributed by atoms with Crippen molar-refractivity contribution in [3.63, 3.8) is 0 Å². The van der Waals surface area contributed by atoms with E-state index >= 15 is 0 Å². The summed E-state index contributed by atoms with van der Waals surface area (Å²) in [5.41, 5.74) is 0.814. The van der Waals surface area contributed by atoms with Gasteiger partial charge in [0.05, 0.1) is 7.11 Å². The van der Waals surface area contributed by atoms with E-state index in [1.807, 2.05) is 18.7 Å². The maximum Gasteiger partial charge on any atom is 0.321 e. The van der Waals surface area contributed by atoms with Gasteiger partial charge in [-0.15, -0.1) is 0 Å². The summed E-state index contributed by atoms with van der Waals surface area (Å²) in [7, 11) is 3.26. The third kappa shape index (κ3) is 3.86. The Kier molecular flexibility index (Phi) is 5.18. The van der Waals surface area contributed by atoms with Gasteiger partial charge < -0.3 is 14.9 Å². The van der Waals surface area contributed by atoms with E-state index in [0.29, 0.717) is 12.2 Å². The van der Waals surface area contributed by atoms with Gasteiger partial charge in [0.25, 0.3) is 0 Å². The minimum Gasteiger partial charge on any atom is -0.504 e. The number of benzene rings is 1. The van der Waals surface area contributed by atoms with Crippen molar-refractivity contribution < 1.29 is 19.7 Å². The highest BCUT2D eigenvalue weighted by Gasteiger charge is 2.25. The first-order chi connectivity index (χ1) is 8.86. The van der Waals surface area contributed by atoms with Crippen LogP contribution in [-0.4, -0.2) is 47.3 Å². The molecule has 0 amide bonds. The zero-order chi connectivity index (χ0) is 14.6. The fourth-order valence-electron chi connectivity index (χ4n) is 1.84. The van der Waals surface area contributed by atoms with Crippen molar-refractivity contribution in [2.24, 2.45) is 0 Å². The lowest BCUT2D eigenvalue weighted by Gasteiger charge is -2.28. The predicted octanol–water partition coefficient (Wildman–Crippen LogP) is 1.74. The van der Waals surface area contributed by atoms with E-state index in [4.69, 9.17) is 4.74 Å². The molecular weight excluding hydrogens is 246 g/mol. The van der Waals surface area contributed by atoms with Crippen molar-refractivity contribution in [3.8, 4) is 11.5 Å². The number of carboxylic acids is 1. The number of hydrogen-bond acceptors (Lipinski definition) is 4. The highest BCUT2D eigenvalue weighted by Crippen LogP contribution is 2.27. The Morgan fingerprint density at radius 3 is 2.53 bits per heavy atom. The van der Waals surface area contributed by atoms with Crippen molar-refractivity contribution in [1.29, 1.82) is 0 Å². The number of ether oxygens (including phenoxy) is 1. The van der Waals surface area contributed by atoms with Crippen LogP contribution < -0.4 is 4.74 Å². The van der Waals surface area contributed by atoms with Crippen LogP contribution in [0, 0.1) is 0 Å². The molecule has 19 heavy (non-hydrogen) atoms. The number of phenols is 1. The molecule has 0 spiro atoms. The van der Waals surface area contributed by atoms with Crippen LogP contribution >= 0.6 is 0 Å². The fraction of sp³-hybridized carbons (Fsp3) is 0.500. The lowest BCUT2D eigenvalue weighted by atomic mass is 10.0. The molecule has 0 bridgehead atoms. The molecule has 0 aliphatic heterocycles. The van der Waals surface area contributed by atoms with Gasteiger partial charge in [-0.2, -0.15) is 0 Å². The lowest BCUT2D eigenvalue weighted by molar-refractivity contribution is -0.143. The molecule has 0 aliphatic carbocycles. The number of aliphatic carboxylic acids is 1. The van der Waals surface area contributed by atoms with Crippen LogP contribution in [0.1, 0.15) is 19.4 Å². The molecule has 1 aromatic rings. The first kappa shape index (κ1) is 15.3. The summed E-state index contributed by atoms with van der Waals surface area (Å²) in [6, 6.07) is 4.43. The Hall–Kier alpha value is -1.75. The Morgan fingerprint density at radius 1 is 1.42 bits per heavy atom. The zero-order valence-electron chi connectivity index (χ0n) is 11.8. The van der Waals surface area contributed by atoms with Gasteiger partial charge >= 0.3 is 5.97 Å². The van der Waals surface area contributed by atoms with E-state index in [9.17, 15) is 15.0 Å². The van der Waals surface area contributed by atoms with Crippen LogP contribution in [0.2, 0.25) is 0 Å². The van der Waals surface area contributed by atoms with E-state index < -0.39 is 12.0 Å². The molecule has 0 aromatic heterocycles. The van der Waals surface area contributed by atoms with Gasteiger partial charge in [-0.3, -0.25) is 9.69 Å². The maximum atomic E-state index is 11.3. The van der Waals surface area contributed by atoms with E-state index in [2.05, 4.69) is 0 Å². The number of phenolic OH excluding ortho intramolecular Hbond substituents is 1. The second-order valence-electron chi connectivity index (χ2n) is 4.82. The Morgan fingerprint density at radius 2 is 2.05 bits per heavy atom. The van der Waals surface area contributed by atoms with Gasteiger partial charge in [-0.05, 0) is 45.0 Å². The van der Waals surface area contributed by atoms with Crippen LogP contribution in [0.4, 0.5) is 0 Å². The van der Waals surface area contributed by atoms with Gasteiger partial charge in [0, 0.05) is 6.04 Å². The Balaban J connectivity index is 2.94. The van der Waals surface area contributed by atoms with Crippen LogP contribution in [0.15, 0.2) is 18.2 Å². The average Bonchev–Trinajstić information content (AvgIpc) is 2.36. The SMILES string of the molecule is COc1cc(CC(C(=O)O)N(C)C(C)C)ccc1O. The number of rotatable bonds is 6. The van der Waals surface area contributed by atoms with Crippen LogP contribution in [0.3, 0.4) is 0 Å². The molecule has 5 heteroatoms. The first-order valence-corrected chi connectivity index (χ1v) is 6.17. The summed E-state index contributed by atoms with van der Waals surface area (Å²) in [6.45, 7) is 3.90. The Labute approximate surface area is 113 Å². The Bertz CT molecular complexity index is 445. The molecule has 0 heterocycles. The van der Waals surface area contributed by atoms with Crippen LogP contribution in [-0.2, 0) is 11.2 Å². The van der Waals surface area contributed by atoms with Crippen molar-refractivity contribution in [1.82, 2.24) is 4.90 Å². The first-order valence-electron chi connectivity index (χ1n) is 6.17. The molecule has 0 radical (unpaired) electrons. The molecule has 0 saturated heterocycles. The van der Waals surface area contributed by atoms with Gasteiger partial charge in [-0.25, -0.2) is 0 Å². The van der Waals surface area contributed by atoms with E-state index in [1.165, 1.54) is 13.2 Å².